The van der Waals surface area contributed by atoms with Crippen LogP contribution >= 0.6 is 0 Å². The van der Waals surface area contributed by atoms with Gasteiger partial charge in [0.1, 0.15) is 17.7 Å². The number of methoxy groups -OCH3 is 1. The summed E-state index contributed by atoms with van der Waals surface area (Å²) in [5.41, 5.74) is 0.329. The summed E-state index contributed by atoms with van der Waals surface area (Å²) in [5, 5.41) is 4.73. The van der Waals surface area contributed by atoms with Gasteiger partial charge in [-0.2, -0.15) is 0 Å². The fraction of sp³-hybridized carbons (Fsp3) is 0.269. The molecule has 10 heteroatoms. The number of benzene rings is 2. The molecule has 0 aliphatic heterocycles. The first kappa shape index (κ1) is 19.9. The van der Waals surface area contributed by atoms with Gasteiger partial charge in [-0.25, -0.2) is 14.4 Å². The van der Waals surface area contributed by atoms with Crippen LogP contribution in [0.15, 0.2) is 54.9 Å². The normalized spacial score (nSPS) is 13.2. The van der Waals surface area contributed by atoms with E-state index in [9.17, 15) is 18.8 Å². The van der Waals surface area contributed by atoms with Crippen LogP contribution in [-0.2, 0) is 13.0 Å². The van der Waals surface area contributed by atoms with Gasteiger partial charge in [-0.05, 0) is 49.2 Å². The molecule has 3 amide bonds. The number of carbonyl (C=O) groups is 3. The number of nitrogens with zero attached hydrogens (tertiary/aromatic N) is 3. The molecule has 0 fully saturated rings. The van der Waals surface area contributed by atoms with Gasteiger partial charge >= 0.3 is 0 Å². The topological polar surface area (TPSA) is 114 Å². The van der Waals surface area contributed by atoms with E-state index >= 15 is 0 Å². The molecule has 9 nitrogen and oxygen atoms in total. The van der Waals surface area contributed by atoms with E-state index in [1.165, 1.54) is 30.3 Å². The third-order valence-electron chi connectivity index (χ3n) is 5.19. The molecule has 0 aliphatic carbocycles. The summed E-state index contributed by atoms with van der Waals surface area (Å²) < 4.78 is 56.4. The van der Waals surface area contributed by atoms with Gasteiger partial charge in [0.15, 0.2) is 11.6 Å². The molecule has 0 bridgehead atoms. The highest BCUT2D eigenvalue weighted by Crippen LogP contribution is 2.18. The van der Waals surface area contributed by atoms with Crippen molar-refractivity contribution in [3.63, 3.8) is 0 Å². The molecule has 36 heavy (non-hydrogen) atoms. The molecule has 0 unspecified atom stereocenters. The molecule has 1 aromatic heterocycles. The highest BCUT2D eigenvalue weighted by atomic mass is 19.1. The largest absolute Gasteiger partial charge is 0.494 e. The molecule has 2 N–H and O–H groups in total. The zero-order chi connectivity index (χ0) is 30.4. The van der Waals surface area contributed by atoms with Crippen molar-refractivity contribution in [1.82, 2.24) is 25.5 Å². The third kappa shape index (κ3) is 6.62. The van der Waals surface area contributed by atoms with Crippen molar-refractivity contribution in [3.8, 4) is 5.75 Å². The number of rotatable bonds is 10. The van der Waals surface area contributed by atoms with Crippen molar-refractivity contribution in [3.05, 3.63) is 88.8 Å². The van der Waals surface area contributed by atoms with Crippen LogP contribution < -0.4 is 15.4 Å². The molecule has 0 atom stereocenters. The maximum Gasteiger partial charge on any atom is 0.270 e. The summed E-state index contributed by atoms with van der Waals surface area (Å²) in [6.07, 6.45) is 0.965. The van der Waals surface area contributed by atoms with E-state index < -0.39 is 36.9 Å². The molecule has 0 radical (unpaired) electrons. The number of halogens is 1. The van der Waals surface area contributed by atoms with E-state index in [1.807, 2.05) is 13.8 Å². The Bertz CT molecular complexity index is 1420. The first-order valence-electron chi connectivity index (χ1n) is 13.5. The van der Waals surface area contributed by atoms with Crippen LogP contribution in [0, 0.1) is 5.82 Å². The van der Waals surface area contributed by atoms with Crippen LogP contribution in [-0.4, -0.2) is 52.7 Å². The summed E-state index contributed by atoms with van der Waals surface area (Å²) in [5.74, 6) is -3.22. The van der Waals surface area contributed by atoms with Crippen molar-refractivity contribution in [2.24, 2.45) is 0 Å². The minimum atomic E-state index is -2.86. The van der Waals surface area contributed by atoms with Gasteiger partial charge in [-0.15, -0.1) is 0 Å². The molecular weight excluding hydrogens is 465 g/mol. The number of hydrogen-bond acceptors (Lipinski definition) is 6. The summed E-state index contributed by atoms with van der Waals surface area (Å²) in [7, 11) is -2.86. The molecule has 0 spiro atoms. The Balaban J connectivity index is 1.66. The zero-order valence-electron chi connectivity index (χ0n) is 24.7. The van der Waals surface area contributed by atoms with Crippen LogP contribution in [0.1, 0.15) is 63.2 Å². The summed E-state index contributed by atoms with van der Waals surface area (Å²) in [4.78, 5) is 47.2. The van der Waals surface area contributed by atoms with E-state index in [4.69, 9.17) is 6.85 Å². The van der Waals surface area contributed by atoms with Gasteiger partial charge in [-0.3, -0.25) is 14.4 Å². The Labute approximate surface area is 215 Å². The van der Waals surface area contributed by atoms with E-state index in [0.717, 1.165) is 24.5 Å². The first-order chi connectivity index (χ1) is 19.2. The third-order valence-corrected chi connectivity index (χ3v) is 5.19. The van der Waals surface area contributed by atoms with Crippen LogP contribution in [0.25, 0.3) is 0 Å². The van der Waals surface area contributed by atoms with Gasteiger partial charge in [0.25, 0.3) is 17.7 Å². The van der Waals surface area contributed by atoms with Crippen molar-refractivity contribution < 1.29 is 30.4 Å². The van der Waals surface area contributed by atoms with Crippen molar-refractivity contribution in [2.75, 3.05) is 20.1 Å². The Hall–Kier alpha value is -4.34. The predicted molar refractivity (Wildman–Crippen MR) is 131 cm³/mol. The number of ether oxygens (including phenoxy) is 1. The standard InChI is InChI=1S/C26H28FN5O4/c1-4-32(5-2)26(35)19-9-6-17(7-10-19)14-28-24(33)21-13-22(31-16-30-21)25(34)29-15-18-8-11-20(27)23(12-18)36-3/h6-13,16H,4-5,14-15H2,1-3H3,(H,28,33)(H,29,34)/i3D3,14D2. The van der Waals surface area contributed by atoms with Crippen molar-refractivity contribution in [1.29, 1.82) is 0 Å². The number of amides is 3. The number of hydrogen-bond donors (Lipinski definition) is 2. The van der Waals surface area contributed by atoms with Crippen molar-refractivity contribution in [2.45, 2.75) is 26.9 Å². The second kappa shape index (κ2) is 12.4. The average molecular weight is 499 g/mol. The average Bonchev–Trinajstić information content (AvgIpc) is 2.93. The number of aromatic nitrogens is 2. The molecule has 1 heterocycles. The second-order valence-electron chi connectivity index (χ2n) is 7.47. The summed E-state index contributed by atoms with van der Waals surface area (Å²) >= 11 is 0. The monoisotopic (exact) mass is 498 g/mol. The summed E-state index contributed by atoms with van der Waals surface area (Å²) in [6, 6.07) is 10.3. The smallest absolute Gasteiger partial charge is 0.270 e. The molecule has 2 aromatic carbocycles. The second-order valence-corrected chi connectivity index (χ2v) is 7.47. The van der Waals surface area contributed by atoms with Crippen LogP contribution in [0.2, 0.25) is 0 Å². The fourth-order valence-electron chi connectivity index (χ4n) is 3.20. The molecule has 3 rings (SSSR count). The highest BCUT2D eigenvalue weighted by Gasteiger charge is 2.15. The lowest BCUT2D eigenvalue weighted by Crippen LogP contribution is -2.30. The van der Waals surface area contributed by atoms with Crippen molar-refractivity contribution >= 4 is 17.7 Å². The maximum absolute atomic E-state index is 13.9. The number of nitrogens with one attached hydrogen (secondary N) is 2. The van der Waals surface area contributed by atoms with Gasteiger partial charge in [-0.1, -0.05) is 18.2 Å². The molecule has 0 saturated carbocycles. The van der Waals surface area contributed by atoms with Crippen LogP contribution in [0.5, 0.6) is 5.75 Å². The van der Waals surface area contributed by atoms with Gasteiger partial charge < -0.3 is 20.3 Å². The minimum Gasteiger partial charge on any atom is -0.494 e. The number of carbonyl (C=O) groups excluding carboxylic acids is 3. The lowest BCUT2D eigenvalue weighted by Gasteiger charge is -2.18. The lowest BCUT2D eigenvalue weighted by atomic mass is 10.1. The van der Waals surface area contributed by atoms with Gasteiger partial charge in [0.2, 0.25) is 0 Å². The quantitative estimate of drug-likeness (QED) is 0.444. The first-order valence-corrected chi connectivity index (χ1v) is 11.0. The molecular formula is C26H28FN5O4. The Morgan fingerprint density at radius 1 is 0.972 bits per heavy atom. The van der Waals surface area contributed by atoms with E-state index in [2.05, 4.69) is 25.3 Å². The highest BCUT2D eigenvalue weighted by molar-refractivity contribution is 5.97. The minimum absolute atomic E-state index is 0.0927. The van der Waals surface area contributed by atoms with E-state index in [1.54, 1.807) is 4.90 Å². The lowest BCUT2D eigenvalue weighted by molar-refractivity contribution is 0.0772. The van der Waals surface area contributed by atoms with E-state index in [-0.39, 0.29) is 29.4 Å². The van der Waals surface area contributed by atoms with Gasteiger partial charge in [0, 0.05) is 37.8 Å². The van der Waals surface area contributed by atoms with Crippen LogP contribution in [0.4, 0.5) is 4.39 Å². The maximum atomic E-state index is 13.9. The molecule has 188 valence electrons. The fourth-order valence-corrected chi connectivity index (χ4v) is 3.20. The molecule has 0 aliphatic rings. The Kier molecular flexibility index (Phi) is 6.85. The van der Waals surface area contributed by atoms with Crippen LogP contribution in [0.3, 0.4) is 0 Å². The van der Waals surface area contributed by atoms with Gasteiger partial charge in [0.05, 0.1) is 13.9 Å². The molecule has 3 aromatic rings. The zero-order valence-corrected chi connectivity index (χ0v) is 19.7. The van der Waals surface area contributed by atoms with E-state index in [0.29, 0.717) is 24.2 Å². The molecule has 0 saturated heterocycles. The summed E-state index contributed by atoms with van der Waals surface area (Å²) in [6.45, 7) is 2.29. The Morgan fingerprint density at radius 3 is 2.25 bits per heavy atom. The predicted octanol–water partition coefficient (Wildman–Crippen LogP) is 2.97. The SMILES string of the molecule is [2H]C([2H])([2H])Oc1cc(CNC(=O)c2cc(C(=O)NC([2H])([2H])c3ccc(C(=O)N(CC)CC)cc3)ncn2)ccc1F. The Morgan fingerprint density at radius 2 is 1.61 bits per heavy atom.